The summed E-state index contributed by atoms with van der Waals surface area (Å²) in [4.78, 5) is 25.8. The number of rotatable bonds is 8. The van der Waals surface area contributed by atoms with Crippen LogP contribution in [0.15, 0.2) is 213 Å². The van der Waals surface area contributed by atoms with Crippen molar-refractivity contribution in [1.82, 2.24) is 24.9 Å². The first-order valence-corrected chi connectivity index (χ1v) is 21.0. The molecule has 0 saturated carbocycles. The molecule has 6 heteroatoms. The molecule has 61 heavy (non-hydrogen) atoms. The summed E-state index contributed by atoms with van der Waals surface area (Å²) in [5.41, 5.74) is 15.5. The van der Waals surface area contributed by atoms with Crippen molar-refractivity contribution < 1.29 is 0 Å². The molecule has 0 N–H and O–H groups in total. The van der Waals surface area contributed by atoms with E-state index in [2.05, 4.69) is 156 Å². The molecular formula is C55H35N5S. The third-order valence-electron chi connectivity index (χ3n) is 11.1. The molecule has 0 aliphatic carbocycles. The van der Waals surface area contributed by atoms with Crippen molar-refractivity contribution in [1.29, 1.82) is 0 Å². The fraction of sp³-hybridized carbons (Fsp3) is 0. The van der Waals surface area contributed by atoms with Crippen molar-refractivity contribution in [2.75, 3.05) is 0 Å². The van der Waals surface area contributed by atoms with Crippen molar-refractivity contribution >= 4 is 32.3 Å². The van der Waals surface area contributed by atoms with Gasteiger partial charge in [0.25, 0.3) is 0 Å². The van der Waals surface area contributed by atoms with Crippen LogP contribution in [0.2, 0.25) is 0 Å². The lowest BCUT2D eigenvalue weighted by Crippen LogP contribution is -1.96. The Morgan fingerprint density at radius 3 is 1.44 bits per heavy atom. The summed E-state index contributed by atoms with van der Waals surface area (Å²) in [6, 6.07) is 65.4. The van der Waals surface area contributed by atoms with E-state index in [0.717, 1.165) is 88.3 Å². The van der Waals surface area contributed by atoms with Gasteiger partial charge >= 0.3 is 0 Å². The van der Waals surface area contributed by atoms with E-state index >= 15 is 0 Å². The second-order valence-corrected chi connectivity index (χ2v) is 15.9. The first-order valence-electron chi connectivity index (χ1n) is 20.2. The second-order valence-electron chi connectivity index (χ2n) is 14.9. The highest BCUT2D eigenvalue weighted by molar-refractivity contribution is 7.24. The van der Waals surface area contributed by atoms with Crippen molar-refractivity contribution in [2.24, 2.45) is 0 Å². The van der Waals surface area contributed by atoms with Gasteiger partial charge in [-0.15, -0.1) is 11.3 Å². The van der Waals surface area contributed by atoms with Gasteiger partial charge in [0, 0.05) is 84.1 Å². The first-order chi connectivity index (χ1) is 30.2. The van der Waals surface area contributed by atoms with Gasteiger partial charge < -0.3 is 0 Å². The van der Waals surface area contributed by atoms with Crippen LogP contribution in [-0.2, 0) is 0 Å². The number of nitrogens with zero attached hydrogens (tertiary/aromatic N) is 5. The minimum absolute atomic E-state index is 0.692. The fourth-order valence-electron chi connectivity index (χ4n) is 8.07. The van der Waals surface area contributed by atoms with Crippen LogP contribution in [-0.4, -0.2) is 24.9 Å². The highest BCUT2D eigenvalue weighted by Crippen LogP contribution is 2.50. The number of benzene rings is 6. The van der Waals surface area contributed by atoms with E-state index in [1.165, 1.54) is 15.8 Å². The van der Waals surface area contributed by atoms with Gasteiger partial charge in [0.05, 0.1) is 22.6 Å². The number of aromatic nitrogens is 5. The van der Waals surface area contributed by atoms with E-state index in [1.807, 2.05) is 67.3 Å². The maximum Gasteiger partial charge on any atom is 0.160 e. The van der Waals surface area contributed by atoms with Gasteiger partial charge in [-0.25, -0.2) is 15.0 Å². The molecule has 5 nitrogen and oxygen atoms in total. The van der Waals surface area contributed by atoms with Crippen molar-refractivity contribution in [3.05, 3.63) is 213 Å². The minimum Gasteiger partial charge on any atom is -0.264 e. The first kappa shape index (κ1) is 36.2. The van der Waals surface area contributed by atoms with Crippen molar-refractivity contribution in [3.63, 3.8) is 0 Å². The molecule has 0 fully saturated rings. The van der Waals surface area contributed by atoms with Crippen LogP contribution >= 0.6 is 11.3 Å². The Morgan fingerprint density at radius 1 is 0.361 bits per heavy atom. The summed E-state index contributed by atoms with van der Waals surface area (Å²) >= 11 is 1.79. The third-order valence-corrected chi connectivity index (χ3v) is 12.4. The molecule has 11 aromatic rings. The van der Waals surface area contributed by atoms with E-state index in [9.17, 15) is 0 Å². The summed E-state index contributed by atoms with van der Waals surface area (Å²) < 4.78 is 1.19. The quantitative estimate of drug-likeness (QED) is 0.153. The molecule has 0 unspecified atom stereocenters. The molecule has 6 aromatic carbocycles. The molecule has 0 atom stereocenters. The smallest absolute Gasteiger partial charge is 0.160 e. The van der Waals surface area contributed by atoms with E-state index < -0.39 is 0 Å². The average Bonchev–Trinajstić information content (AvgIpc) is 3.76. The standard InChI is InChI=1S/C55H35N5S/c1-4-12-36(13-5-1)37-20-24-39(25-21-37)47-33-48(60-55(59-47)42-16-8-3-9-17-42)40-26-22-38(23-27-40)43-28-29-46-49(32-43)58-52(41-14-6-2-7-15-41)51-50(44-18-10-30-56-34-44)53(61-54(46)51)45-19-11-31-57-35-45/h1-35H. The van der Waals surface area contributed by atoms with Gasteiger partial charge in [-0.2, -0.15) is 0 Å². The molecule has 286 valence electrons. The third kappa shape index (κ3) is 6.95. The molecule has 0 radical (unpaired) electrons. The highest BCUT2D eigenvalue weighted by atomic mass is 32.1. The monoisotopic (exact) mass is 797 g/mol. The van der Waals surface area contributed by atoms with Crippen LogP contribution in [0.25, 0.3) is 110 Å². The van der Waals surface area contributed by atoms with Crippen LogP contribution in [0.1, 0.15) is 0 Å². The molecule has 0 saturated heterocycles. The second kappa shape index (κ2) is 15.7. The SMILES string of the molecule is c1ccc(-c2ccc(-c3cc(-c4ccc(-c5ccc6c(c5)nc(-c5ccccc5)c5c(-c7cccnc7)c(-c7cccnc7)sc56)cc4)nc(-c4ccccc4)n3)cc2)cc1. The lowest BCUT2D eigenvalue weighted by Gasteiger charge is -2.12. The molecule has 0 bridgehead atoms. The lowest BCUT2D eigenvalue weighted by molar-refractivity contribution is 1.18. The van der Waals surface area contributed by atoms with Crippen LogP contribution in [0, 0.1) is 0 Å². The Bertz CT molecular complexity index is 3300. The van der Waals surface area contributed by atoms with Gasteiger partial charge in [-0.3, -0.25) is 9.97 Å². The van der Waals surface area contributed by atoms with E-state index in [-0.39, 0.29) is 0 Å². The zero-order valence-corrected chi connectivity index (χ0v) is 33.7. The summed E-state index contributed by atoms with van der Waals surface area (Å²) in [6.45, 7) is 0. The molecule has 0 aliphatic rings. The number of thiophene rings is 1. The number of hydrogen-bond donors (Lipinski definition) is 0. The van der Waals surface area contributed by atoms with Crippen molar-refractivity contribution in [3.8, 4) is 89.0 Å². The Labute approximate surface area is 357 Å². The number of pyridine rings is 3. The average molecular weight is 798 g/mol. The summed E-state index contributed by atoms with van der Waals surface area (Å²) in [5.74, 6) is 0.692. The molecule has 0 amide bonds. The topological polar surface area (TPSA) is 64.5 Å². The summed E-state index contributed by atoms with van der Waals surface area (Å²) in [5, 5.41) is 2.23. The van der Waals surface area contributed by atoms with Gasteiger partial charge in [0.1, 0.15) is 0 Å². The number of fused-ring (bicyclic) bond motifs is 3. The van der Waals surface area contributed by atoms with Gasteiger partial charge in [0.2, 0.25) is 0 Å². The Balaban J connectivity index is 1.01. The molecule has 5 aromatic heterocycles. The van der Waals surface area contributed by atoms with E-state index in [0.29, 0.717) is 5.82 Å². The highest BCUT2D eigenvalue weighted by Gasteiger charge is 2.23. The summed E-state index contributed by atoms with van der Waals surface area (Å²) in [7, 11) is 0. The molecule has 0 spiro atoms. The minimum atomic E-state index is 0.692. The molecular weight excluding hydrogens is 763 g/mol. The molecule has 11 rings (SSSR count). The van der Waals surface area contributed by atoms with Crippen LogP contribution in [0.3, 0.4) is 0 Å². The van der Waals surface area contributed by atoms with Gasteiger partial charge in [-0.05, 0) is 46.5 Å². The zero-order valence-electron chi connectivity index (χ0n) is 32.9. The lowest BCUT2D eigenvalue weighted by atomic mass is 9.95. The van der Waals surface area contributed by atoms with Crippen LogP contribution < -0.4 is 0 Å². The Hall–Kier alpha value is -7.93. The maximum absolute atomic E-state index is 5.47. The largest absolute Gasteiger partial charge is 0.264 e. The van der Waals surface area contributed by atoms with Gasteiger partial charge in [-0.1, -0.05) is 164 Å². The van der Waals surface area contributed by atoms with Crippen LogP contribution in [0.4, 0.5) is 0 Å². The van der Waals surface area contributed by atoms with Crippen LogP contribution in [0.5, 0.6) is 0 Å². The molecule has 5 heterocycles. The predicted molar refractivity (Wildman–Crippen MR) is 252 cm³/mol. The number of hydrogen-bond acceptors (Lipinski definition) is 6. The summed E-state index contributed by atoms with van der Waals surface area (Å²) in [6.07, 6.45) is 7.53. The molecule has 0 aliphatic heterocycles. The zero-order chi connectivity index (χ0) is 40.5. The van der Waals surface area contributed by atoms with Crippen molar-refractivity contribution in [2.45, 2.75) is 0 Å². The Morgan fingerprint density at radius 2 is 0.852 bits per heavy atom. The Kier molecular flexibility index (Phi) is 9.30. The van der Waals surface area contributed by atoms with E-state index in [4.69, 9.17) is 15.0 Å². The fourth-order valence-corrected chi connectivity index (χ4v) is 9.42. The van der Waals surface area contributed by atoms with E-state index in [1.54, 1.807) is 11.3 Å². The maximum atomic E-state index is 5.47. The predicted octanol–water partition coefficient (Wildman–Crippen LogP) is 14.4. The normalized spacial score (nSPS) is 11.3. The van der Waals surface area contributed by atoms with Gasteiger partial charge in [0.15, 0.2) is 5.82 Å².